The molecule has 2 heterocycles. The first kappa shape index (κ1) is 18.2. The van der Waals surface area contributed by atoms with Crippen LogP contribution >= 0.6 is 22.9 Å². The number of carbonyl (C=O) groups is 3. The van der Waals surface area contributed by atoms with Gasteiger partial charge in [0, 0.05) is 7.05 Å². The quantitative estimate of drug-likeness (QED) is 0.793. The number of carbonyl (C=O) groups excluding carboxylic acids is 3. The molecule has 1 fully saturated rings. The summed E-state index contributed by atoms with van der Waals surface area (Å²) in [6.07, 6.45) is 0. The van der Waals surface area contributed by atoms with E-state index in [1.165, 1.54) is 36.5 Å². The van der Waals surface area contributed by atoms with Gasteiger partial charge in [-0.2, -0.15) is 0 Å². The van der Waals surface area contributed by atoms with Gasteiger partial charge in [0.2, 0.25) is 11.0 Å². The van der Waals surface area contributed by atoms with Crippen LogP contribution in [0, 0.1) is 5.82 Å². The number of hydrogen-bond acceptors (Lipinski definition) is 6. The Morgan fingerprint density at radius 2 is 2.19 bits per heavy atom. The Labute approximate surface area is 156 Å². The van der Waals surface area contributed by atoms with Gasteiger partial charge in [0.05, 0.1) is 5.02 Å². The van der Waals surface area contributed by atoms with E-state index in [0.29, 0.717) is 10.7 Å². The molecule has 4 amide bonds. The number of rotatable bonds is 4. The molecule has 1 aliphatic rings. The van der Waals surface area contributed by atoms with E-state index < -0.39 is 35.7 Å². The largest absolute Gasteiger partial charge is 0.325 e. The van der Waals surface area contributed by atoms with Crippen LogP contribution in [0.5, 0.6) is 0 Å². The van der Waals surface area contributed by atoms with Gasteiger partial charge in [-0.15, -0.1) is 10.2 Å². The molecule has 1 aromatic carbocycles. The minimum Gasteiger partial charge on any atom is -0.319 e. The lowest BCUT2D eigenvalue weighted by atomic mass is 9.92. The zero-order valence-electron chi connectivity index (χ0n) is 13.7. The maximum absolute atomic E-state index is 13.4. The molecule has 8 nitrogen and oxygen atoms in total. The average molecular weight is 398 g/mol. The first-order chi connectivity index (χ1) is 12.2. The van der Waals surface area contributed by atoms with Crippen molar-refractivity contribution in [2.24, 2.45) is 0 Å². The van der Waals surface area contributed by atoms with E-state index in [2.05, 4.69) is 15.5 Å². The highest BCUT2D eigenvalue weighted by Gasteiger charge is 2.49. The van der Waals surface area contributed by atoms with Crippen LogP contribution < -0.4 is 10.2 Å². The number of aromatic nitrogens is 2. The zero-order valence-corrected chi connectivity index (χ0v) is 15.3. The number of likely N-dealkylation sites (N-methyl/N-ethyl adjacent to an activating group) is 1. The van der Waals surface area contributed by atoms with Crippen molar-refractivity contribution in [1.29, 1.82) is 0 Å². The third-order valence-electron chi connectivity index (χ3n) is 4.07. The molecule has 0 aliphatic carbocycles. The molecule has 3 rings (SSSR count). The summed E-state index contributed by atoms with van der Waals surface area (Å²) in [5.74, 6) is -1.78. The van der Waals surface area contributed by atoms with Crippen LogP contribution in [0.15, 0.2) is 23.7 Å². The first-order valence-electron chi connectivity index (χ1n) is 7.36. The van der Waals surface area contributed by atoms with Gasteiger partial charge in [-0.25, -0.2) is 9.18 Å². The predicted octanol–water partition coefficient (Wildman–Crippen LogP) is 1.76. The molecule has 136 valence electrons. The molecule has 0 spiro atoms. The highest BCUT2D eigenvalue weighted by Crippen LogP contribution is 2.31. The Morgan fingerprint density at radius 1 is 1.46 bits per heavy atom. The van der Waals surface area contributed by atoms with Crippen LogP contribution in [0.1, 0.15) is 12.5 Å². The Morgan fingerprint density at radius 3 is 2.81 bits per heavy atom. The van der Waals surface area contributed by atoms with Crippen LogP contribution in [0.25, 0.3) is 0 Å². The summed E-state index contributed by atoms with van der Waals surface area (Å²) in [5, 5.41) is 10.1. The Bertz CT molecular complexity index is 893. The standard InChI is InChI=1S/C15H13ClFN5O3S/c1-15(8-3-4-10(17)9(16)5-8)12(24)22(13(25)19-15)6-11(23)21(2)14-20-18-7-26-14/h3-5,7H,6H2,1-2H3,(H,19,25). The van der Waals surface area contributed by atoms with E-state index in [9.17, 15) is 18.8 Å². The van der Waals surface area contributed by atoms with Crippen molar-refractivity contribution in [2.75, 3.05) is 18.5 Å². The Kier molecular flexibility index (Phi) is 4.63. The fraction of sp³-hybridized carbons (Fsp3) is 0.267. The van der Waals surface area contributed by atoms with Gasteiger partial charge in [0.25, 0.3) is 5.91 Å². The summed E-state index contributed by atoms with van der Waals surface area (Å²) in [7, 11) is 1.47. The number of nitrogens with zero attached hydrogens (tertiary/aromatic N) is 4. The molecule has 26 heavy (non-hydrogen) atoms. The number of anilines is 1. The molecule has 0 saturated carbocycles. The lowest BCUT2D eigenvalue weighted by Crippen LogP contribution is -2.43. The molecule has 1 aliphatic heterocycles. The van der Waals surface area contributed by atoms with Gasteiger partial charge < -0.3 is 5.32 Å². The van der Waals surface area contributed by atoms with Crippen LogP contribution in [-0.4, -0.2) is 46.5 Å². The second-order valence-electron chi connectivity index (χ2n) is 5.75. The average Bonchev–Trinajstić information content (AvgIpc) is 3.20. The molecule has 1 N–H and O–H groups in total. The van der Waals surface area contributed by atoms with Crippen LogP contribution in [-0.2, 0) is 15.1 Å². The minimum atomic E-state index is -1.45. The molecular formula is C15H13ClFN5O3S. The van der Waals surface area contributed by atoms with Crippen LogP contribution in [0.2, 0.25) is 5.02 Å². The van der Waals surface area contributed by atoms with Crippen molar-refractivity contribution >= 4 is 45.9 Å². The second kappa shape index (κ2) is 6.61. The summed E-state index contributed by atoms with van der Waals surface area (Å²) >= 11 is 6.92. The van der Waals surface area contributed by atoms with Crippen molar-refractivity contribution in [3.63, 3.8) is 0 Å². The number of hydrogen-bond donors (Lipinski definition) is 1. The third-order valence-corrected chi connectivity index (χ3v) is 5.13. The molecule has 1 aromatic heterocycles. The molecule has 2 aromatic rings. The van der Waals surface area contributed by atoms with E-state index in [-0.39, 0.29) is 5.02 Å². The van der Waals surface area contributed by atoms with Crippen molar-refractivity contribution in [1.82, 2.24) is 20.4 Å². The Balaban J connectivity index is 1.82. The molecule has 1 saturated heterocycles. The van der Waals surface area contributed by atoms with E-state index in [4.69, 9.17) is 11.6 Å². The molecule has 1 atom stereocenters. The van der Waals surface area contributed by atoms with Gasteiger partial charge in [-0.05, 0) is 24.6 Å². The monoisotopic (exact) mass is 397 g/mol. The van der Waals surface area contributed by atoms with Crippen molar-refractivity contribution in [3.05, 3.63) is 40.1 Å². The van der Waals surface area contributed by atoms with Gasteiger partial charge in [-0.1, -0.05) is 29.0 Å². The highest BCUT2D eigenvalue weighted by atomic mass is 35.5. The summed E-state index contributed by atoms with van der Waals surface area (Å²) in [5.41, 5.74) is 0.327. The van der Waals surface area contributed by atoms with Gasteiger partial charge in [-0.3, -0.25) is 19.4 Å². The lowest BCUT2D eigenvalue weighted by Gasteiger charge is -2.23. The normalized spacial score (nSPS) is 19.6. The van der Waals surface area contributed by atoms with Gasteiger partial charge in [0.15, 0.2) is 0 Å². The lowest BCUT2D eigenvalue weighted by molar-refractivity contribution is -0.134. The number of nitrogens with one attached hydrogen (secondary N) is 1. The predicted molar refractivity (Wildman–Crippen MR) is 92.3 cm³/mol. The smallest absolute Gasteiger partial charge is 0.319 e. The SMILES string of the molecule is CN(C(=O)CN1C(=O)NC(C)(c2ccc(F)c(Cl)c2)C1=O)c1nncs1. The number of benzene rings is 1. The number of amides is 4. The van der Waals surface area contributed by atoms with Crippen molar-refractivity contribution in [2.45, 2.75) is 12.5 Å². The second-order valence-corrected chi connectivity index (χ2v) is 6.97. The van der Waals surface area contributed by atoms with Gasteiger partial charge in [0.1, 0.15) is 23.4 Å². The van der Waals surface area contributed by atoms with Crippen molar-refractivity contribution < 1.29 is 18.8 Å². The van der Waals surface area contributed by atoms with Gasteiger partial charge >= 0.3 is 6.03 Å². The first-order valence-corrected chi connectivity index (χ1v) is 8.62. The van der Waals surface area contributed by atoms with E-state index in [0.717, 1.165) is 22.3 Å². The highest BCUT2D eigenvalue weighted by molar-refractivity contribution is 7.13. The van der Waals surface area contributed by atoms with E-state index in [1.807, 2.05) is 0 Å². The maximum Gasteiger partial charge on any atom is 0.325 e. The maximum atomic E-state index is 13.4. The van der Waals surface area contributed by atoms with E-state index >= 15 is 0 Å². The summed E-state index contributed by atoms with van der Waals surface area (Å²) < 4.78 is 13.4. The number of imide groups is 1. The van der Waals surface area contributed by atoms with Crippen LogP contribution in [0.3, 0.4) is 0 Å². The molecule has 0 radical (unpaired) electrons. The molecular weight excluding hydrogens is 385 g/mol. The van der Waals surface area contributed by atoms with Crippen LogP contribution in [0.4, 0.5) is 14.3 Å². The number of halogens is 2. The molecule has 1 unspecified atom stereocenters. The molecule has 11 heteroatoms. The number of urea groups is 1. The fourth-order valence-corrected chi connectivity index (χ4v) is 3.23. The third kappa shape index (κ3) is 3.01. The summed E-state index contributed by atoms with van der Waals surface area (Å²) in [6, 6.07) is 3.02. The summed E-state index contributed by atoms with van der Waals surface area (Å²) in [4.78, 5) is 39.4. The van der Waals surface area contributed by atoms with Crippen molar-refractivity contribution in [3.8, 4) is 0 Å². The topological polar surface area (TPSA) is 95.5 Å². The van der Waals surface area contributed by atoms with E-state index in [1.54, 1.807) is 0 Å². The Hall–Kier alpha value is -2.59. The minimum absolute atomic E-state index is 0.170. The molecule has 0 bridgehead atoms. The summed E-state index contributed by atoms with van der Waals surface area (Å²) in [6.45, 7) is 1.00. The zero-order chi connectivity index (χ0) is 19.1. The fourth-order valence-electron chi connectivity index (χ4n) is 2.50.